The third kappa shape index (κ3) is 3.02. The second kappa shape index (κ2) is 6.01. The quantitative estimate of drug-likeness (QED) is 0.877. The van der Waals surface area contributed by atoms with Gasteiger partial charge in [0.1, 0.15) is 6.10 Å². The van der Waals surface area contributed by atoms with Crippen LogP contribution in [-0.2, 0) is 4.74 Å². The summed E-state index contributed by atoms with van der Waals surface area (Å²) >= 11 is 5.98. The van der Waals surface area contributed by atoms with Gasteiger partial charge >= 0.3 is 0 Å². The zero-order valence-electron chi connectivity index (χ0n) is 11.8. The maximum Gasteiger partial charge on any atom is 0.260 e. The number of nitrogens with two attached hydrogens (primary N) is 1. The number of morpholine rings is 1. The Morgan fingerprint density at radius 1 is 1.48 bits per heavy atom. The van der Waals surface area contributed by atoms with Gasteiger partial charge in [-0.3, -0.25) is 4.90 Å². The number of nitrogen functional groups attached to an aromatic ring is 1. The SMILES string of the molecule is CCN1CCOC(c2noc(-c3cc(Cl)ccc3N)n2)C1. The fraction of sp³-hybridized carbons (Fsp3) is 0.429. The fourth-order valence-corrected chi connectivity index (χ4v) is 2.51. The Bertz CT molecular complexity index is 631. The first-order chi connectivity index (χ1) is 10.2. The molecule has 6 nitrogen and oxygen atoms in total. The van der Waals surface area contributed by atoms with Gasteiger partial charge in [-0.2, -0.15) is 4.98 Å². The molecular weight excluding hydrogens is 292 g/mol. The highest BCUT2D eigenvalue weighted by molar-refractivity contribution is 6.31. The Morgan fingerprint density at radius 3 is 3.14 bits per heavy atom. The van der Waals surface area contributed by atoms with Crippen molar-refractivity contribution in [1.82, 2.24) is 15.0 Å². The monoisotopic (exact) mass is 308 g/mol. The molecule has 1 aromatic heterocycles. The molecule has 2 heterocycles. The number of aromatic nitrogens is 2. The van der Waals surface area contributed by atoms with Gasteiger partial charge in [-0.05, 0) is 24.7 Å². The third-order valence-electron chi connectivity index (χ3n) is 3.57. The van der Waals surface area contributed by atoms with Crippen LogP contribution in [0.1, 0.15) is 18.9 Å². The van der Waals surface area contributed by atoms with Gasteiger partial charge in [-0.25, -0.2) is 0 Å². The van der Waals surface area contributed by atoms with Crippen molar-refractivity contribution in [2.24, 2.45) is 0 Å². The lowest BCUT2D eigenvalue weighted by atomic mass is 10.2. The van der Waals surface area contributed by atoms with Crippen LogP contribution in [0.5, 0.6) is 0 Å². The number of hydrogen-bond acceptors (Lipinski definition) is 6. The van der Waals surface area contributed by atoms with E-state index in [4.69, 9.17) is 26.6 Å². The number of halogens is 1. The molecule has 0 saturated carbocycles. The van der Waals surface area contributed by atoms with Crippen molar-refractivity contribution < 1.29 is 9.26 Å². The highest BCUT2D eigenvalue weighted by atomic mass is 35.5. The van der Waals surface area contributed by atoms with Gasteiger partial charge in [0.25, 0.3) is 5.89 Å². The molecule has 0 spiro atoms. The normalized spacial score (nSPS) is 19.8. The predicted molar refractivity (Wildman–Crippen MR) is 80.0 cm³/mol. The molecule has 1 aliphatic rings. The first-order valence-electron chi connectivity index (χ1n) is 6.90. The van der Waals surface area contributed by atoms with Gasteiger partial charge < -0.3 is 15.0 Å². The molecule has 3 rings (SSSR count). The lowest BCUT2D eigenvalue weighted by Crippen LogP contribution is -2.38. The van der Waals surface area contributed by atoms with Gasteiger partial charge in [0, 0.05) is 23.8 Å². The summed E-state index contributed by atoms with van der Waals surface area (Å²) in [7, 11) is 0. The van der Waals surface area contributed by atoms with E-state index in [0.29, 0.717) is 34.6 Å². The third-order valence-corrected chi connectivity index (χ3v) is 3.81. The van der Waals surface area contributed by atoms with E-state index in [1.165, 1.54) is 0 Å². The van der Waals surface area contributed by atoms with Crippen LogP contribution in [0.4, 0.5) is 5.69 Å². The van der Waals surface area contributed by atoms with Gasteiger partial charge in [-0.15, -0.1) is 0 Å². The second-order valence-corrected chi connectivity index (χ2v) is 5.38. The lowest BCUT2D eigenvalue weighted by molar-refractivity contribution is -0.0334. The summed E-state index contributed by atoms with van der Waals surface area (Å²) in [6.07, 6.45) is -0.170. The Kier molecular flexibility index (Phi) is 4.10. The summed E-state index contributed by atoms with van der Waals surface area (Å²) in [6, 6.07) is 5.16. The minimum absolute atomic E-state index is 0.170. The molecule has 0 radical (unpaired) electrons. The molecular formula is C14H17ClN4O2. The smallest absolute Gasteiger partial charge is 0.260 e. The molecule has 1 saturated heterocycles. The molecule has 1 aromatic carbocycles. The number of ether oxygens (including phenoxy) is 1. The summed E-state index contributed by atoms with van der Waals surface area (Å²) < 4.78 is 11.0. The predicted octanol–water partition coefficient (Wildman–Crippen LogP) is 2.37. The number of rotatable bonds is 3. The number of anilines is 1. The minimum atomic E-state index is -0.170. The molecule has 2 N–H and O–H groups in total. The van der Waals surface area contributed by atoms with Crippen molar-refractivity contribution in [3.8, 4) is 11.5 Å². The maximum absolute atomic E-state index is 5.98. The molecule has 1 aliphatic heterocycles. The van der Waals surface area contributed by atoms with Gasteiger partial charge in [0.05, 0.1) is 12.2 Å². The molecule has 112 valence electrons. The first-order valence-corrected chi connectivity index (χ1v) is 7.28. The van der Waals surface area contributed by atoms with Crippen LogP contribution in [0.2, 0.25) is 5.02 Å². The van der Waals surface area contributed by atoms with Crippen molar-refractivity contribution >= 4 is 17.3 Å². The van der Waals surface area contributed by atoms with Crippen LogP contribution in [0.25, 0.3) is 11.5 Å². The van der Waals surface area contributed by atoms with Crippen molar-refractivity contribution in [3.05, 3.63) is 29.0 Å². The number of likely N-dealkylation sites (N-methyl/N-ethyl adjacent to an activating group) is 1. The number of hydrogen-bond donors (Lipinski definition) is 1. The molecule has 0 bridgehead atoms. The summed E-state index contributed by atoms with van der Waals surface area (Å²) in [5.74, 6) is 0.907. The van der Waals surface area contributed by atoms with Crippen molar-refractivity contribution in [1.29, 1.82) is 0 Å². The van der Waals surface area contributed by atoms with Crippen LogP contribution in [-0.4, -0.2) is 41.3 Å². The van der Waals surface area contributed by atoms with Crippen LogP contribution in [0, 0.1) is 0 Å². The molecule has 2 aromatic rings. The molecule has 0 amide bonds. The van der Waals surface area contributed by atoms with E-state index in [1.807, 2.05) is 0 Å². The Morgan fingerprint density at radius 2 is 2.33 bits per heavy atom. The zero-order valence-corrected chi connectivity index (χ0v) is 12.5. The Hall–Kier alpha value is -1.63. The van der Waals surface area contributed by atoms with Gasteiger partial charge in [0.15, 0.2) is 0 Å². The number of nitrogens with zero attached hydrogens (tertiary/aromatic N) is 3. The zero-order chi connectivity index (χ0) is 14.8. The van der Waals surface area contributed by atoms with Crippen LogP contribution < -0.4 is 5.73 Å². The maximum atomic E-state index is 5.98. The lowest BCUT2D eigenvalue weighted by Gasteiger charge is -2.30. The molecule has 7 heteroatoms. The molecule has 1 unspecified atom stereocenters. The van der Waals surface area contributed by atoms with E-state index in [-0.39, 0.29) is 6.10 Å². The van der Waals surface area contributed by atoms with Gasteiger partial charge in [-0.1, -0.05) is 23.7 Å². The van der Waals surface area contributed by atoms with E-state index in [0.717, 1.165) is 19.6 Å². The van der Waals surface area contributed by atoms with Crippen molar-refractivity contribution in [2.45, 2.75) is 13.0 Å². The summed E-state index contributed by atoms with van der Waals surface area (Å²) in [5.41, 5.74) is 7.12. The fourth-order valence-electron chi connectivity index (χ4n) is 2.33. The molecule has 1 fully saturated rings. The average Bonchev–Trinajstić information content (AvgIpc) is 2.99. The molecule has 0 aliphatic carbocycles. The molecule has 1 atom stereocenters. The standard InChI is InChI=1S/C14H17ClN4O2/c1-2-19-5-6-20-12(8-19)13-17-14(21-18-13)10-7-9(15)3-4-11(10)16/h3-4,7,12H,2,5-6,8,16H2,1H3. The Balaban J connectivity index is 1.84. The number of benzene rings is 1. The Labute approximate surface area is 127 Å². The second-order valence-electron chi connectivity index (χ2n) is 4.94. The van der Waals surface area contributed by atoms with Crippen molar-refractivity contribution in [3.63, 3.8) is 0 Å². The minimum Gasteiger partial charge on any atom is -0.398 e. The summed E-state index contributed by atoms with van der Waals surface area (Å²) in [6.45, 7) is 5.46. The summed E-state index contributed by atoms with van der Waals surface area (Å²) in [5, 5.41) is 4.59. The van der Waals surface area contributed by atoms with Crippen LogP contribution >= 0.6 is 11.6 Å². The van der Waals surface area contributed by atoms with E-state index < -0.39 is 0 Å². The largest absolute Gasteiger partial charge is 0.398 e. The van der Waals surface area contributed by atoms with E-state index in [9.17, 15) is 0 Å². The van der Waals surface area contributed by atoms with Crippen LogP contribution in [0.3, 0.4) is 0 Å². The van der Waals surface area contributed by atoms with Gasteiger partial charge in [0.2, 0.25) is 5.82 Å². The summed E-state index contributed by atoms with van der Waals surface area (Å²) in [4.78, 5) is 6.70. The topological polar surface area (TPSA) is 77.4 Å². The average molecular weight is 309 g/mol. The highest BCUT2D eigenvalue weighted by Gasteiger charge is 2.26. The molecule has 21 heavy (non-hydrogen) atoms. The van der Waals surface area contributed by atoms with Crippen LogP contribution in [0.15, 0.2) is 22.7 Å². The highest BCUT2D eigenvalue weighted by Crippen LogP contribution is 2.29. The van der Waals surface area contributed by atoms with Crippen molar-refractivity contribution in [2.75, 3.05) is 32.0 Å². The first kappa shape index (κ1) is 14.3. The van der Waals surface area contributed by atoms with E-state index in [1.54, 1.807) is 18.2 Å². The van der Waals surface area contributed by atoms with E-state index in [2.05, 4.69) is 22.0 Å². The van der Waals surface area contributed by atoms with E-state index >= 15 is 0 Å².